The van der Waals surface area contributed by atoms with Gasteiger partial charge in [-0.2, -0.15) is 0 Å². The van der Waals surface area contributed by atoms with Crippen molar-refractivity contribution >= 4 is 11.4 Å². The van der Waals surface area contributed by atoms with Gasteiger partial charge in [0.05, 0.1) is 4.92 Å². The molecule has 108 valence electrons. The fourth-order valence-electron chi connectivity index (χ4n) is 2.93. The van der Waals surface area contributed by atoms with Crippen LogP contribution < -0.4 is 5.32 Å². The van der Waals surface area contributed by atoms with Crippen LogP contribution in [-0.2, 0) is 0 Å². The summed E-state index contributed by atoms with van der Waals surface area (Å²) in [6.45, 7) is 4.80. The summed E-state index contributed by atoms with van der Waals surface area (Å²) in [5, 5.41) is 13.8. The lowest BCUT2D eigenvalue weighted by molar-refractivity contribution is -0.384. The van der Waals surface area contributed by atoms with Crippen LogP contribution in [0.15, 0.2) is 29.8 Å². The van der Waals surface area contributed by atoms with Crippen LogP contribution in [0.4, 0.5) is 15.8 Å². The van der Waals surface area contributed by atoms with Gasteiger partial charge in [0, 0.05) is 12.6 Å². The number of hydrogen-bond acceptors (Lipinski definition) is 3. The van der Waals surface area contributed by atoms with Gasteiger partial charge < -0.3 is 5.32 Å². The van der Waals surface area contributed by atoms with Crippen molar-refractivity contribution in [3.05, 3.63) is 45.8 Å². The van der Waals surface area contributed by atoms with Gasteiger partial charge in [-0.3, -0.25) is 10.1 Å². The zero-order valence-electron chi connectivity index (χ0n) is 11.7. The molecular formula is C15H19FN2O2. The first-order valence-corrected chi connectivity index (χ1v) is 6.81. The van der Waals surface area contributed by atoms with Gasteiger partial charge in [0.15, 0.2) is 5.82 Å². The molecule has 0 saturated heterocycles. The monoisotopic (exact) mass is 278 g/mol. The first-order valence-electron chi connectivity index (χ1n) is 6.81. The van der Waals surface area contributed by atoms with Gasteiger partial charge in [-0.15, -0.1) is 0 Å². The zero-order chi connectivity index (χ0) is 14.7. The molecule has 1 aliphatic rings. The number of nitrogens with one attached hydrogen (secondary N) is 1. The standard InChI is InChI=1S/C15H19FN2O2/c1-10-6-11(2)8-12(7-10)9-17-15-13(16)4-3-5-14(15)18(19)20/h3-6,10,12,17H,7-9H2,1-2H3. The third-order valence-electron chi connectivity index (χ3n) is 3.64. The highest BCUT2D eigenvalue weighted by Gasteiger charge is 2.21. The number of benzene rings is 1. The van der Waals surface area contributed by atoms with Crippen LogP contribution in [0.3, 0.4) is 0 Å². The fraction of sp³-hybridized carbons (Fsp3) is 0.467. The molecule has 0 aromatic heterocycles. The Morgan fingerprint density at radius 2 is 2.25 bits per heavy atom. The summed E-state index contributed by atoms with van der Waals surface area (Å²) < 4.78 is 13.7. The van der Waals surface area contributed by atoms with Crippen LogP contribution in [0.25, 0.3) is 0 Å². The van der Waals surface area contributed by atoms with Crippen molar-refractivity contribution in [1.29, 1.82) is 0 Å². The molecule has 0 amide bonds. The van der Waals surface area contributed by atoms with Crippen LogP contribution >= 0.6 is 0 Å². The minimum atomic E-state index is -0.574. The lowest BCUT2D eigenvalue weighted by Gasteiger charge is -2.25. The highest BCUT2D eigenvalue weighted by molar-refractivity contribution is 5.62. The van der Waals surface area contributed by atoms with Gasteiger partial charge in [-0.05, 0) is 37.7 Å². The molecule has 0 heterocycles. The van der Waals surface area contributed by atoms with E-state index in [2.05, 4.69) is 25.2 Å². The van der Waals surface area contributed by atoms with E-state index in [-0.39, 0.29) is 11.4 Å². The largest absolute Gasteiger partial charge is 0.377 e. The van der Waals surface area contributed by atoms with Crippen LogP contribution in [0.5, 0.6) is 0 Å². The molecule has 1 aromatic rings. The van der Waals surface area contributed by atoms with Crippen molar-refractivity contribution in [3.8, 4) is 0 Å². The predicted octanol–water partition coefficient (Wildman–Crippen LogP) is 4.14. The normalized spacial score (nSPS) is 22.2. The zero-order valence-corrected chi connectivity index (χ0v) is 11.7. The van der Waals surface area contributed by atoms with Gasteiger partial charge >= 0.3 is 0 Å². The number of anilines is 1. The third-order valence-corrected chi connectivity index (χ3v) is 3.64. The van der Waals surface area contributed by atoms with Crippen molar-refractivity contribution in [2.45, 2.75) is 26.7 Å². The van der Waals surface area contributed by atoms with Crippen LogP contribution in [0, 0.1) is 27.8 Å². The summed E-state index contributed by atoms with van der Waals surface area (Å²) in [4.78, 5) is 10.4. The molecule has 1 N–H and O–H groups in total. The molecule has 0 aliphatic heterocycles. The average Bonchev–Trinajstić information content (AvgIpc) is 2.35. The second-order valence-electron chi connectivity index (χ2n) is 5.57. The van der Waals surface area contributed by atoms with Crippen molar-refractivity contribution in [2.24, 2.45) is 11.8 Å². The predicted molar refractivity (Wildman–Crippen MR) is 77.2 cm³/mol. The molecule has 2 atom stereocenters. The van der Waals surface area contributed by atoms with Gasteiger partial charge in [0.2, 0.25) is 0 Å². The topological polar surface area (TPSA) is 55.2 Å². The molecule has 4 nitrogen and oxygen atoms in total. The Balaban J connectivity index is 2.08. The van der Waals surface area contributed by atoms with Crippen molar-refractivity contribution < 1.29 is 9.31 Å². The van der Waals surface area contributed by atoms with E-state index < -0.39 is 10.7 Å². The van der Waals surface area contributed by atoms with E-state index in [4.69, 9.17) is 0 Å². The van der Waals surface area contributed by atoms with Crippen molar-refractivity contribution in [3.63, 3.8) is 0 Å². The maximum absolute atomic E-state index is 13.7. The number of para-hydroxylation sites is 1. The van der Waals surface area contributed by atoms with Gasteiger partial charge in [0.25, 0.3) is 5.69 Å². The molecular weight excluding hydrogens is 259 g/mol. The van der Waals surface area contributed by atoms with Crippen LogP contribution in [0.2, 0.25) is 0 Å². The molecule has 0 saturated carbocycles. The molecule has 5 heteroatoms. The fourth-order valence-corrected chi connectivity index (χ4v) is 2.93. The van der Waals surface area contributed by atoms with E-state index in [1.807, 2.05) is 0 Å². The third kappa shape index (κ3) is 3.35. The molecule has 0 bridgehead atoms. The van der Waals surface area contributed by atoms with Crippen molar-refractivity contribution in [1.82, 2.24) is 0 Å². The Labute approximate surface area is 117 Å². The minimum Gasteiger partial charge on any atom is -0.377 e. The highest BCUT2D eigenvalue weighted by atomic mass is 19.1. The number of halogens is 1. The molecule has 0 radical (unpaired) electrons. The Kier molecular flexibility index (Phi) is 4.37. The Bertz CT molecular complexity index is 543. The van der Waals surface area contributed by atoms with E-state index in [1.165, 1.54) is 23.8 Å². The number of allylic oxidation sites excluding steroid dienone is 2. The Hall–Kier alpha value is -1.91. The van der Waals surface area contributed by atoms with Gasteiger partial charge in [-0.1, -0.05) is 24.6 Å². The maximum Gasteiger partial charge on any atom is 0.295 e. The van der Waals surface area contributed by atoms with E-state index >= 15 is 0 Å². The SMILES string of the molecule is CC1=CC(C)CC(CNc2c(F)cccc2[N+](=O)[O-])C1. The van der Waals surface area contributed by atoms with Crippen LogP contribution in [-0.4, -0.2) is 11.5 Å². The summed E-state index contributed by atoms with van der Waals surface area (Å²) in [5.41, 5.74) is 1.12. The van der Waals surface area contributed by atoms with Gasteiger partial charge in [-0.25, -0.2) is 4.39 Å². The summed E-state index contributed by atoms with van der Waals surface area (Å²) in [6.07, 6.45) is 4.23. The van der Waals surface area contributed by atoms with Crippen molar-refractivity contribution in [2.75, 3.05) is 11.9 Å². The van der Waals surface area contributed by atoms with E-state index in [0.717, 1.165) is 12.8 Å². The number of nitrogens with zero attached hydrogens (tertiary/aromatic N) is 1. The summed E-state index contributed by atoms with van der Waals surface area (Å²) in [7, 11) is 0. The minimum absolute atomic E-state index is 0.00245. The summed E-state index contributed by atoms with van der Waals surface area (Å²) >= 11 is 0. The lowest BCUT2D eigenvalue weighted by atomic mass is 9.83. The first kappa shape index (κ1) is 14.5. The quantitative estimate of drug-likeness (QED) is 0.511. The molecule has 2 rings (SSSR count). The number of nitro benzene ring substituents is 1. The molecule has 0 fully saturated rings. The van der Waals surface area contributed by atoms with E-state index in [0.29, 0.717) is 18.4 Å². The second kappa shape index (κ2) is 6.03. The molecule has 2 unspecified atom stereocenters. The van der Waals surface area contributed by atoms with Crippen LogP contribution in [0.1, 0.15) is 26.7 Å². The van der Waals surface area contributed by atoms with E-state index in [9.17, 15) is 14.5 Å². The highest BCUT2D eigenvalue weighted by Crippen LogP contribution is 2.31. The summed E-state index contributed by atoms with van der Waals surface area (Å²) in [5.74, 6) is 0.315. The number of hydrogen-bond donors (Lipinski definition) is 1. The number of rotatable bonds is 4. The molecule has 1 aromatic carbocycles. The Morgan fingerprint density at radius 1 is 1.50 bits per heavy atom. The van der Waals surface area contributed by atoms with E-state index in [1.54, 1.807) is 0 Å². The smallest absolute Gasteiger partial charge is 0.295 e. The maximum atomic E-state index is 13.7. The second-order valence-corrected chi connectivity index (χ2v) is 5.57. The first-order chi connectivity index (χ1) is 9.47. The Morgan fingerprint density at radius 3 is 2.90 bits per heavy atom. The summed E-state index contributed by atoms with van der Waals surface area (Å²) in [6, 6.07) is 3.91. The average molecular weight is 278 g/mol. The molecule has 0 spiro atoms. The van der Waals surface area contributed by atoms with Gasteiger partial charge in [0.1, 0.15) is 5.69 Å². The lowest BCUT2D eigenvalue weighted by Crippen LogP contribution is -2.21. The number of nitro groups is 1. The molecule has 20 heavy (non-hydrogen) atoms. The molecule has 1 aliphatic carbocycles.